The maximum absolute atomic E-state index is 12.9. The Kier molecular flexibility index (Phi) is 7.96. The first-order valence-electron chi connectivity index (χ1n) is 9.29. The van der Waals surface area contributed by atoms with E-state index in [1.165, 1.54) is 45.2 Å². The first kappa shape index (κ1) is 23.4. The van der Waals surface area contributed by atoms with Gasteiger partial charge in [0.15, 0.2) is 0 Å². The molecule has 0 atom stereocenters. The van der Waals surface area contributed by atoms with Gasteiger partial charge in [-0.15, -0.1) is 0 Å². The zero-order chi connectivity index (χ0) is 22.3. The van der Waals surface area contributed by atoms with E-state index in [0.717, 1.165) is 9.87 Å². The highest BCUT2D eigenvalue weighted by Crippen LogP contribution is 2.30. The third kappa shape index (κ3) is 5.80. The summed E-state index contributed by atoms with van der Waals surface area (Å²) >= 11 is 0. The standard InChI is InChI=1S/C21H27N3O5S/c1-15(2)17-8-6-16(7-9-17)13-22-23-21(25)14-24(3)30(26,27)20-12-18(28-4)10-11-19(20)29-5/h6-13,15H,14H2,1-5H3,(H,23,25)/b22-13+. The van der Waals surface area contributed by atoms with Crippen molar-refractivity contribution in [3.05, 3.63) is 53.6 Å². The van der Waals surface area contributed by atoms with Crippen LogP contribution in [0.4, 0.5) is 0 Å². The third-order valence-electron chi connectivity index (χ3n) is 4.43. The number of ether oxygens (including phenoxy) is 2. The number of rotatable bonds is 9. The number of nitrogens with one attached hydrogen (secondary N) is 1. The Balaban J connectivity index is 2.04. The van der Waals surface area contributed by atoms with Gasteiger partial charge in [-0.2, -0.15) is 9.41 Å². The SMILES string of the molecule is COc1ccc(OC)c(S(=O)(=O)N(C)CC(=O)N/N=C/c2ccc(C(C)C)cc2)c1. The Labute approximate surface area is 177 Å². The summed E-state index contributed by atoms with van der Waals surface area (Å²) in [6, 6.07) is 12.2. The lowest BCUT2D eigenvalue weighted by Crippen LogP contribution is -2.36. The van der Waals surface area contributed by atoms with E-state index in [1.54, 1.807) is 6.07 Å². The monoisotopic (exact) mass is 433 g/mol. The topological polar surface area (TPSA) is 97.3 Å². The number of methoxy groups -OCH3 is 2. The van der Waals surface area contributed by atoms with Gasteiger partial charge in [-0.25, -0.2) is 13.8 Å². The maximum Gasteiger partial charge on any atom is 0.255 e. The van der Waals surface area contributed by atoms with Crippen LogP contribution in [0.25, 0.3) is 0 Å². The van der Waals surface area contributed by atoms with E-state index < -0.39 is 22.5 Å². The molecule has 2 rings (SSSR count). The number of hydrogen-bond donors (Lipinski definition) is 1. The van der Waals surface area contributed by atoms with E-state index >= 15 is 0 Å². The lowest BCUT2D eigenvalue weighted by molar-refractivity contribution is -0.121. The van der Waals surface area contributed by atoms with Gasteiger partial charge in [0.05, 0.1) is 27.0 Å². The van der Waals surface area contributed by atoms with Crippen molar-refractivity contribution in [2.45, 2.75) is 24.7 Å². The summed E-state index contributed by atoms with van der Waals surface area (Å²) in [5, 5.41) is 3.89. The molecule has 0 unspecified atom stereocenters. The van der Waals surface area contributed by atoms with Gasteiger partial charge < -0.3 is 9.47 Å². The van der Waals surface area contributed by atoms with Crippen LogP contribution < -0.4 is 14.9 Å². The van der Waals surface area contributed by atoms with Crippen LogP contribution in [-0.4, -0.2) is 52.7 Å². The smallest absolute Gasteiger partial charge is 0.255 e. The minimum atomic E-state index is -3.98. The molecule has 0 aromatic heterocycles. The van der Waals surface area contributed by atoms with Gasteiger partial charge in [0.1, 0.15) is 16.4 Å². The molecule has 0 saturated carbocycles. The van der Waals surface area contributed by atoms with E-state index in [1.807, 2.05) is 24.3 Å². The summed E-state index contributed by atoms with van der Waals surface area (Å²) in [7, 11) is 0.129. The summed E-state index contributed by atoms with van der Waals surface area (Å²) in [4.78, 5) is 12.1. The largest absolute Gasteiger partial charge is 0.497 e. The molecule has 0 heterocycles. The normalized spacial score (nSPS) is 11.8. The molecule has 9 heteroatoms. The number of nitrogens with zero attached hydrogens (tertiary/aromatic N) is 2. The van der Waals surface area contributed by atoms with Crippen molar-refractivity contribution in [1.82, 2.24) is 9.73 Å². The van der Waals surface area contributed by atoms with Gasteiger partial charge in [0.2, 0.25) is 10.0 Å². The lowest BCUT2D eigenvalue weighted by atomic mass is 10.0. The number of likely N-dealkylation sites (N-methyl/N-ethyl adjacent to an activating group) is 1. The van der Waals surface area contributed by atoms with E-state index in [-0.39, 0.29) is 10.6 Å². The van der Waals surface area contributed by atoms with Gasteiger partial charge in [-0.05, 0) is 29.2 Å². The molecule has 0 spiro atoms. The number of sulfonamides is 1. The van der Waals surface area contributed by atoms with E-state index in [2.05, 4.69) is 24.4 Å². The van der Waals surface area contributed by atoms with Crippen LogP contribution in [0.5, 0.6) is 11.5 Å². The Morgan fingerprint density at radius 1 is 1.13 bits per heavy atom. The zero-order valence-electron chi connectivity index (χ0n) is 17.7. The Bertz CT molecular complexity index is 1000. The maximum atomic E-state index is 12.9. The molecule has 2 aromatic carbocycles. The quantitative estimate of drug-likeness (QED) is 0.484. The van der Waals surface area contributed by atoms with Crippen LogP contribution in [0.2, 0.25) is 0 Å². The number of carbonyl (C=O) groups excluding carboxylic acids is 1. The lowest BCUT2D eigenvalue weighted by Gasteiger charge is -2.18. The number of hydrogen-bond acceptors (Lipinski definition) is 6. The van der Waals surface area contributed by atoms with Gasteiger partial charge >= 0.3 is 0 Å². The molecule has 0 aliphatic carbocycles. The number of amides is 1. The highest BCUT2D eigenvalue weighted by molar-refractivity contribution is 7.89. The summed E-state index contributed by atoms with van der Waals surface area (Å²) in [5.41, 5.74) is 4.37. The van der Waals surface area contributed by atoms with Crippen molar-refractivity contribution in [1.29, 1.82) is 0 Å². The number of benzene rings is 2. The van der Waals surface area contributed by atoms with Crippen LogP contribution in [0.1, 0.15) is 30.9 Å². The van der Waals surface area contributed by atoms with E-state index in [4.69, 9.17) is 9.47 Å². The first-order valence-corrected chi connectivity index (χ1v) is 10.7. The molecule has 0 radical (unpaired) electrons. The van der Waals surface area contributed by atoms with Crippen molar-refractivity contribution < 1.29 is 22.7 Å². The molecule has 0 fully saturated rings. The van der Waals surface area contributed by atoms with Gasteiger partial charge in [0, 0.05) is 13.1 Å². The fourth-order valence-electron chi connectivity index (χ4n) is 2.62. The van der Waals surface area contributed by atoms with Crippen molar-refractivity contribution in [2.75, 3.05) is 27.8 Å². The fraction of sp³-hybridized carbons (Fsp3) is 0.333. The minimum Gasteiger partial charge on any atom is -0.497 e. The average Bonchev–Trinajstić information content (AvgIpc) is 2.73. The molecule has 0 bridgehead atoms. The summed E-state index contributed by atoms with van der Waals surface area (Å²) in [6.07, 6.45) is 1.50. The Morgan fingerprint density at radius 2 is 1.80 bits per heavy atom. The predicted octanol–water partition coefficient (Wildman–Crippen LogP) is 2.60. The molecule has 1 amide bonds. The van der Waals surface area contributed by atoms with Gasteiger partial charge in [-0.3, -0.25) is 4.79 Å². The highest BCUT2D eigenvalue weighted by atomic mass is 32.2. The second-order valence-electron chi connectivity index (χ2n) is 6.89. The number of hydrazone groups is 1. The van der Waals surface area contributed by atoms with Crippen molar-refractivity contribution >= 4 is 22.1 Å². The van der Waals surface area contributed by atoms with Crippen LogP contribution in [0.3, 0.4) is 0 Å². The van der Waals surface area contributed by atoms with Gasteiger partial charge in [0.25, 0.3) is 5.91 Å². The van der Waals surface area contributed by atoms with Crippen LogP contribution in [0.15, 0.2) is 52.5 Å². The predicted molar refractivity (Wildman–Crippen MR) is 116 cm³/mol. The Morgan fingerprint density at radius 3 is 2.37 bits per heavy atom. The van der Waals surface area contributed by atoms with Crippen molar-refractivity contribution in [3.63, 3.8) is 0 Å². The van der Waals surface area contributed by atoms with Crippen LogP contribution in [0, 0.1) is 0 Å². The molecule has 162 valence electrons. The molecule has 0 aliphatic rings. The summed E-state index contributed by atoms with van der Waals surface area (Å²) in [6.45, 7) is 3.80. The highest BCUT2D eigenvalue weighted by Gasteiger charge is 2.27. The molecule has 8 nitrogen and oxygen atoms in total. The minimum absolute atomic E-state index is 0.0895. The molecule has 30 heavy (non-hydrogen) atoms. The molecular formula is C21H27N3O5S. The molecule has 1 N–H and O–H groups in total. The molecule has 2 aromatic rings. The van der Waals surface area contributed by atoms with Crippen LogP contribution >= 0.6 is 0 Å². The fourth-order valence-corrected chi connectivity index (χ4v) is 3.92. The summed E-state index contributed by atoms with van der Waals surface area (Å²) in [5.74, 6) is 0.376. The van der Waals surface area contributed by atoms with Crippen LogP contribution in [-0.2, 0) is 14.8 Å². The number of carbonyl (C=O) groups is 1. The zero-order valence-corrected chi connectivity index (χ0v) is 18.6. The second kappa shape index (κ2) is 10.2. The van der Waals surface area contributed by atoms with E-state index in [0.29, 0.717) is 11.7 Å². The first-order chi connectivity index (χ1) is 14.2. The molecule has 0 saturated heterocycles. The summed E-state index contributed by atoms with van der Waals surface area (Å²) < 4.78 is 36.9. The second-order valence-corrected chi connectivity index (χ2v) is 8.91. The van der Waals surface area contributed by atoms with Crippen molar-refractivity contribution in [3.8, 4) is 11.5 Å². The average molecular weight is 434 g/mol. The van der Waals surface area contributed by atoms with E-state index in [9.17, 15) is 13.2 Å². The third-order valence-corrected chi connectivity index (χ3v) is 6.26. The van der Waals surface area contributed by atoms with Gasteiger partial charge in [-0.1, -0.05) is 38.1 Å². The molecular weight excluding hydrogens is 406 g/mol. The Hall–Kier alpha value is -2.91. The van der Waals surface area contributed by atoms with Crippen molar-refractivity contribution in [2.24, 2.45) is 5.10 Å². The molecule has 0 aliphatic heterocycles.